The molecule has 136 valence electrons. The lowest BCUT2D eigenvalue weighted by Crippen LogP contribution is -2.40. The average Bonchev–Trinajstić information content (AvgIpc) is 2.67. The largest absolute Gasteiger partial charge is 0.462 e. The number of rotatable bonds is 7. The fourth-order valence-corrected chi connectivity index (χ4v) is 2.27. The Kier molecular flexibility index (Phi) is 7.30. The van der Waals surface area contributed by atoms with Crippen molar-refractivity contribution in [1.82, 2.24) is 15.6 Å². The van der Waals surface area contributed by atoms with E-state index in [9.17, 15) is 14.4 Å². The molecule has 0 aliphatic carbocycles. The van der Waals surface area contributed by atoms with Crippen molar-refractivity contribution in [3.63, 3.8) is 0 Å². The van der Waals surface area contributed by atoms with E-state index in [4.69, 9.17) is 4.74 Å². The molecule has 1 aromatic heterocycles. The molecule has 0 fully saturated rings. The molecule has 26 heavy (non-hydrogen) atoms. The summed E-state index contributed by atoms with van der Waals surface area (Å²) in [6.07, 6.45) is 2.20. The molecule has 0 saturated carbocycles. The van der Waals surface area contributed by atoms with E-state index in [0.29, 0.717) is 24.1 Å². The van der Waals surface area contributed by atoms with E-state index in [2.05, 4.69) is 15.6 Å². The lowest BCUT2D eigenvalue weighted by atomic mass is 10.1. The van der Waals surface area contributed by atoms with E-state index in [0.717, 1.165) is 5.69 Å². The van der Waals surface area contributed by atoms with Gasteiger partial charge >= 0.3 is 17.8 Å². The summed E-state index contributed by atoms with van der Waals surface area (Å²) in [5.74, 6) is -1.95. The lowest BCUT2D eigenvalue weighted by Gasteiger charge is -2.10. The summed E-state index contributed by atoms with van der Waals surface area (Å²) >= 11 is 0. The third-order valence-corrected chi connectivity index (χ3v) is 3.55. The van der Waals surface area contributed by atoms with Crippen LogP contribution in [0.1, 0.15) is 28.5 Å². The van der Waals surface area contributed by atoms with Gasteiger partial charge in [0.15, 0.2) is 0 Å². The lowest BCUT2D eigenvalue weighted by molar-refractivity contribution is -0.139. The van der Waals surface area contributed by atoms with Gasteiger partial charge < -0.3 is 15.4 Å². The minimum absolute atomic E-state index is 0.0570. The van der Waals surface area contributed by atoms with Crippen LogP contribution in [-0.2, 0) is 27.3 Å². The number of ether oxygens (including phenoxy) is 1. The van der Waals surface area contributed by atoms with Crippen molar-refractivity contribution in [2.75, 3.05) is 13.2 Å². The number of nitrogens with zero attached hydrogens (tertiary/aromatic N) is 1. The topological polar surface area (TPSA) is 97.4 Å². The van der Waals surface area contributed by atoms with Gasteiger partial charge in [0.2, 0.25) is 0 Å². The highest BCUT2D eigenvalue weighted by molar-refractivity contribution is 6.35. The van der Waals surface area contributed by atoms with Crippen LogP contribution in [0.3, 0.4) is 0 Å². The van der Waals surface area contributed by atoms with Gasteiger partial charge in [-0.3, -0.25) is 14.6 Å². The number of nitrogens with one attached hydrogen (secondary N) is 2. The molecule has 1 heterocycles. The molecule has 0 aliphatic rings. The summed E-state index contributed by atoms with van der Waals surface area (Å²) < 4.78 is 4.98. The predicted molar refractivity (Wildman–Crippen MR) is 95.2 cm³/mol. The molecule has 0 radical (unpaired) electrons. The van der Waals surface area contributed by atoms with Crippen LogP contribution in [0.4, 0.5) is 0 Å². The fraction of sp³-hybridized carbons (Fsp3) is 0.263. The van der Waals surface area contributed by atoms with Crippen molar-refractivity contribution in [3.05, 3.63) is 65.5 Å². The number of carbonyl (C=O) groups excluding carboxylic acids is 3. The Morgan fingerprint density at radius 3 is 2.46 bits per heavy atom. The molecule has 0 atom stereocenters. The fourth-order valence-electron chi connectivity index (χ4n) is 2.27. The first-order valence-electron chi connectivity index (χ1n) is 8.32. The van der Waals surface area contributed by atoms with Crippen molar-refractivity contribution in [2.45, 2.75) is 19.9 Å². The zero-order chi connectivity index (χ0) is 18.8. The molecule has 2 rings (SSSR count). The van der Waals surface area contributed by atoms with Gasteiger partial charge in [0.1, 0.15) is 0 Å². The van der Waals surface area contributed by atoms with Gasteiger partial charge in [-0.2, -0.15) is 0 Å². The minimum Gasteiger partial charge on any atom is -0.462 e. The number of esters is 1. The van der Waals surface area contributed by atoms with Crippen molar-refractivity contribution in [1.29, 1.82) is 0 Å². The van der Waals surface area contributed by atoms with Crippen molar-refractivity contribution in [3.8, 4) is 0 Å². The molecule has 0 spiro atoms. The van der Waals surface area contributed by atoms with Crippen LogP contribution in [0.25, 0.3) is 0 Å². The molecule has 0 unspecified atom stereocenters. The maximum atomic E-state index is 11.9. The Balaban J connectivity index is 1.82. The number of hydrogen-bond donors (Lipinski definition) is 2. The molecular weight excluding hydrogens is 334 g/mol. The van der Waals surface area contributed by atoms with Gasteiger partial charge in [-0.25, -0.2) is 4.79 Å². The number of benzene rings is 1. The van der Waals surface area contributed by atoms with Gasteiger partial charge in [0.25, 0.3) is 0 Å². The van der Waals surface area contributed by atoms with Crippen LogP contribution in [0, 0.1) is 0 Å². The molecule has 7 nitrogen and oxygen atoms in total. The zero-order valence-electron chi connectivity index (χ0n) is 14.5. The van der Waals surface area contributed by atoms with Gasteiger partial charge in [-0.05, 0) is 30.7 Å². The van der Waals surface area contributed by atoms with Gasteiger partial charge in [0.05, 0.1) is 12.2 Å². The zero-order valence-corrected chi connectivity index (χ0v) is 14.5. The molecule has 1 aromatic carbocycles. The van der Waals surface area contributed by atoms with E-state index in [-0.39, 0.29) is 13.2 Å². The van der Waals surface area contributed by atoms with Crippen LogP contribution in [0.5, 0.6) is 0 Å². The Bertz CT molecular complexity index is 762. The molecule has 7 heteroatoms. The average molecular weight is 355 g/mol. The van der Waals surface area contributed by atoms with Gasteiger partial charge in [-0.15, -0.1) is 0 Å². The highest BCUT2D eigenvalue weighted by Gasteiger charge is 2.15. The molecule has 0 bridgehead atoms. The normalized spacial score (nSPS) is 10.0. The van der Waals surface area contributed by atoms with Crippen molar-refractivity contribution < 1.29 is 19.1 Å². The van der Waals surface area contributed by atoms with Crippen LogP contribution in [0.15, 0.2) is 48.7 Å². The smallest absolute Gasteiger partial charge is 0.338 e. The van der Waals surface area contributed by atoms with Crippen LogP contribution in [-0.4, -0.2) is 35.9 Å². The second-order valence-corrected chi connectivity index (χ2v) is 5.39. The summed E-state index contributed by atoms with van der Waals surface area (Å²) in [5, 5.41) is 5.05. The third kappa shape index (κ3) is 5.70. The van der Waals surface area contributed by atoms with Crippen molar-refractivity contribution >= 4 is 17.8 Å². The summed E-state index contributed by atoms with van der Waals surface area (Å²) in [5.41, 5.74) is 1.78. The predicted octanol–water partition coefficient (Wildman–Crippen LogP) is 1.23. The number of aromatic nitrogens is 1. The SMILES string of the molecule is CCOC(=O)c1ccccc1CNC(=O)C(=O)NCCc1ccccn1. The highest BCUT2D eigenvalue weighted by atomic mass is 16.5. The Labute approximate surface area is 151 Å². The summed E-state index contributed by atoms with van der Waals surface area (Å²) in [7, 11) is 0. The first-order chi connectivity index (χ1) is 12.6. The van der Waals surface area contributed by atoms with Crippen LogP contribution in [0.2, 0.25) is 0 Å². The van der Waals surface area contributed by atoms with Gasteiger partial charge in [0, 0.05) is 31.4 Å². The maximum absolute atomic E-state index is 11.9. The molecule has 0 saturated heterocycles. The Morgan fingerprint density at radius 2 is 1.73 bits per heavy atom. The van der Waals surface area contributed by atoms with E-state index in [1.165, 1.54) is 0 Å². The molecule has 2 aromatic rings. The molecule has 2 amide bonds. The van der Waals surface area contributed by atoms with E-state index < -0.39 is 17.8 Å². The molecular formula is C19H21N3O4. The summed E-state index contributed by atoms with van der Waals surface area (Å²) in [6, 6.07) is 12.3. The summed E-state index contributed by atoms with van der Waals surface area (Å²) in [6.45, 7) is 2.35. The Morgan fingerprint density at radius 1 is 1.00 bits per heavy atom. The van der Waals surface area contributed by atoms with Gasteiger partial charge in [-0.1, -0.05) is 24.3 Å². The standard InChI is InChI=1S/C19H21N3O4/c1-2-26-19(25)16-9-4-3-7-14(16)13-22-18(24)17(23)21-12-10-15-8-5-6-11-20-15/h3-9,11H,2,10,12-13H2,1H3,(H,21,23)(H,22,24). The number of carbonyl (C=O) groups is 3. The van der Waals surface area contributed by atoms with E-state index in [1.54, 1.807) is 37.4 Å². The first-order valence-corrected chi connectivity index (χ1v) is 8.32. The quantitative estimate of drug-likeness (QED) is 0.575. The van der Waals surface area contributed by atoms with E-state index in [1.807, 2.05) is 18.2 Å². The third-order valence-electron chi connectivity index (χ3n) is 3.55. The monoisotopic (exact) mass is 355 g/mol. The van der Waals surface area contributed by atoms with Crippen LogP contribution >= 0.6 is 0 Å². The summed E-state index contributed by atoms with van der Waals surface area (Å²) in [4.78, 5) is 39.8. The first kappa shape index (κ1) is 19.1. The second kappa shape index (κ2) is 9.93. The van der Waals surface area contributed by atoms with Crippen molar-refractivity contribution in [2.24, 2.45) is 0 Å². The van der Waals surface area contributed by atoms with E-state index >= 15 is 0 Å². The van der Waals surface area contributed by atoms with Crippen LogP contribution < -0.4 is 10.6 Å². The molecule has 2 N–H and O–H groups in total. The number of amides is 2. The number of pyridine rings is 1. The maximum Gasteiger partial charge on any atom is 0.338 e. The highest BCUT2D eigenvalue weighted by Crippen LogP contribution is 2.10. The number of hydrogen-bond acceptors (Lipinski definition) is 5. The minimum atomic E-state index is -0.760. The Hall–Kier alpha value is -3.22. The second-order valence-electron chi connectivity index (χ2n) is 5.39. The molecule has 0 aliphatic heterocycles.